The predicted octanol–water partition coefficient (Wildman–Crippen LogP) is 0.654. The first kappa shape index (κ1) is 14.8. The maximum Gasteiger partial charge on any atom is 0.325 e. The molecule has 0 radical (unpaired) electrons. The molecule has 2 N–H and O–H groups in total. The first-order chi connectivity index (χ1) is 10.1. The van der Waals surface area contributed by atoms with Gasteiger partial charge in [0.25, 0.3) is 5.56 Å². The summed E-state index contributed by atoms with van der Waals surface area (Å²) in [5.74, 6) is -0.136. The normalized spacial score (nSPS) is 10.3. The summed E-state index contributed by atoms with van der Waals surface area (Å²) in [6.07, 6.45) is -0.000165. The van der Waals surface area contributed by atoms with E-state index in [1.807, 2.05) is 37.3 Å². The molecule has 0 aliphatic carbocycles. The van der Waals surface area contributed by atoms with Gasteiger partial charge in [0.1, 0.15) is 0 Å². The second kappa shape index (κ2) is 6.69. The zero-order chi connectivity index (χ0) is 15.2. The molecule has 0 saturated heterocycles. The van der Waals surface area contributed by atoms with Crippen LogP contribution in [0.3, 0.4) is 0 Å². The Hall–Kier alpha value is -2.63. The van der Waals surface area contributed by atoms with Crippen LogP contribution in [0.1, 0.15) is 18.2 Å². The molecule has 0 spiro atoms. The molecule has 0 bridgehead atoms. The highest BCUT2D eigenvalue weighted by Gasteiger charge is 2.13. The van der Waals surface area contributed by atoms with Crippen molar-refractivity contribution in [3.8, 4) is 0 Å². The van der Waals surface area contributed by atoms with Gasteiger partial charge in [0.05, 0.1) is 6.42 Å². The predicted molar refractivity (Wildman–Crippen MR) is 78.9 cm³/mol. The summed E-state index contributed by atoms with van der Waals surface area (Å²) in [5, 5.41) is 0. The average Bonchev–Trinajstić information content (AvgIpc) is 2.44. The largest absolute Gasteiger partial charge is 0.338 e. The number of nitrogens with zero attached hydrogens (tertiary/aromatic N) is 1. The quantitative estimate of drug-likeness (QED) is 0.846. The monoisotopic (exact) mass is 287 g/mol. The Balaban J connectivity index is 2.10. The van der Waals surface area contributed by atoms with E-state index in [1.54, 1.807) is 4.90 Å². The summed E-state index contributed by atoms with van der Waals surface area (Å²) >= 11 is 0. The van der Waals surface area contributed by atoms with Crippen LogP contribution in [0.4, 0.5) is 0 Å². The van der Waals surface area contributed by atoms with Crippen molar-refractivity contribution in [1.29, 1.82) is 0 Å². The van der Waals surface area contributed by atoms with Crippen LogP contribution in [0.2, 0.25) is 0 Å². The van der Waals surface area contributed by atoms with Crippen LogP contribution < -0.4 is 11.2 Å². The van der Waals surface area contributed by atoms with Crippen molar-refractivity contribution in [3.63, 3.8) is 0 Å². The summed E-state index contributed by atoms with van der Waals surface area (Å²) < 4.78 is 0. The Morgan fingerprint density at radius 2 is 1.86 bits per heavy atom. The van der Waals surface area contributed by atoms with Gasteiger partial charge in [-0.25, -0.2) is 4.79 Å². The maximum absolute atomic E-state index is 12.3. The molecule has 1 aromatic heterocycles. The molecule has 0 unspecified atom stereocenters. The van der Waals surface area contributed by atoms with Crippen molar-refractivity contribution in [2.75, 3.05) is 6.54 Å². The Bertz CT molecular complexity index is 690. The van der Waals surface area contributed by atoms with Gasteiger partial charge in [-0.3, -0.25) is 14.6 Å². The number of aromatic amines is 2. The fourth-order valence-corrected chi connectivity index (χ4v) is 2.07. The minimum Gasteiger partial charge on any atom is -0.338 e. The van der Waals surface area contributed by atoms with E-state index in [0.717, 1.165) is 5.56 Å². The summed E-state index contributed by atoms with van der Waals surface area (Å²) in [4.78, 5) is 40.9. The number of aromatic nitrogens is 2. The molecule has 6 nitrogen and oxygen atoms in total. The third-order valence-electron chi connectivity index (χ3n) is 3.11. The molecule has 6 heteroatoms. The van der Waals surface area contributed by atoms with E-state index in [0.29, 0.717) is 18.8 Å². The number of H-pyrrole nitrogens is 2. The van der Waals surface area contributed by atoms with Gasteiger partial charge in [-0.05, 0) is 12.5 Å². The molecule has 21 heavy (non-hydrogen) atoms. The van der Waals surface area contributed by atoms with Gasteiger partial charge in [0.15, 0.2) is 0 Å². The van der Waals surface area contributed by atoms with Crippen LogP contribution >= 0.6 is 0 Å². The average molecular weight is 287 g/mol. The van der Waals surface area contributed by atoms with Crippen LogP contribution in [-0.4, -0.2) is 27.3 Å². The molecule has 1 heterocycles. The first-order valence-corrected chi connectivity index (χ1v) is 6.72. The Morgan fingerprint density at radius 1 is 1.14 bits per heavy atom. The lowest BCUT2D eigenvalue weighted by Crippen LogP contribution is -2.33. The standard InChI is InChI=1S/C15H17N3O3/c1-2-18(10-11-6-4-3-5-7-11)14(20)9-12-8-13(19)17-15(21)16-12/h3-8H,2,9-10H2,1H3,(H2,16,17,19,21). The van der Waals surface area contributed by atoms with Crippen molar-refractivity contribution in [3.05, 3.63) is 68.5 Å². The number of rotatable bonds is 5. The zero-order valence-electron chi connectivity index (χ0n) is 11.8. The molecule has 0 aliphatic rings. The summed E-state index contributed by atoms with van der Waals surface area (Å²) in [6.45, 7) is 2.95. The number of likely N-dealkylation sites (N-methyl/N-ethyl adjacent to an activating group) is 1. The highest BCUT2D eigenvalue weighted by atomic mass is 16.2. The second-order valence-corrected chi connectivity index (χ2v) is 4.68. The van der Waals surface area contributed by atoms with Crippen molar-refractivity contribution in [1.82, 2.24) is 14.9 Å². The minimum absolute atomic E-state index is 0.000165. The van der Waals surface area contributed by atoms with Crippen molar-refractivity contribution in [2.24, 2.45) is 0 Å². The Kier molecular flexibility index (Phi) is 4.71. The molecule has 0 fully saturated rings. The van der Waals surface area contributed by atoms with Gasteiger partial charge in [-0.2, -0.15) is 0 Å². The number of hydrogen-bond donors (Lipinski definition) is 2. The number of carbonyl (C=O) groups excluding carboxylic acids is 1. The van der Waals surface area contributed by atoms with E-state index < -0.39 is 11.2 Å². The molecule has 0 aliphatic heterocycles. The van der Waals surface area contributed by atoms with Gasteiger partial charge in [0, 0.05) is 24.8 Å². The molecular weight excluding hydrogens is 270 g/mol. The lowest BCUT2D eigenvalue weighted by Gasteiger charge is -2.21. The van der Waals surface area contributed by atoms with Crippen LogP contribution in [0.25, 0.3) is 0 Å². The molecule has 1 amide bonds. The molecule has 110 valence electrons. The lowest BCUT2D eigenvalue weighted by atomic mass is 10.2. The fourth-order valence-electron chi connectivity index (χ4n) is 2.07. The highest BCUT2D eigenvalue weighted by molar-refractivity contribution is 5.78. The van der Waals surface area contributed by atoms with Crippen molar-refractivity contribution >= 4 is 5.91 Å². The van der Waals surface area contributed by atoms with Crippen molar-refractivity contribution in [2.45, 2.75) is 19.9 Å². The molecule has 2 aromatic rings. The molecule has 0 atom stereocenters. The molecule has 2 rings (SSSR count). The number of hydrogen-bond acceptors (Lipinski definition) is 3. The number of nitrogens with one attached hydrogen (secondary N) is 2. The van der Waals surface area contributed by atoms with Gasteiger partial charge < -0.3 is 9.88 Å². The number of benzene rings is 1. The smallest absolute Gasteiger partial charge is 0.325 e. The van der Waals surface area contributed by atoms with E-state index in [2.05, 4.69) is 9.97 Å². The topological polar surface area (TPSA) is 86.0 Å². The second-order valence-electron chi connectivity index (χ2n) is 4.68. The summed E-state index contributed by atoms with van der Waals surface area (Å²) in [6, 6.07) is 10.9. The van der Waals surface area contributed by atoms with E-state index in [9.17, 15) is 14.4 Å². The summed E-state index contributed by atoms with van der Waals surface area (Å²) in [7, 11) is 0. The van der Waals surface area contributed by atoms with Crippen LogP contribution in [0.5, 0.6) is 0 Å². The zero-order valence-corrected chi connectivity index (χ0v) is 11.8. The maximum atomic E-state index is 12.3. The van der Waals surface area contributed by atoms with Crippen LogP contribution in [0.15, 0.2) is 46.0 Å². The van der Waals surface area contributed by atoms with E-state index >= 15 is 0 Å². The van der Waals surface area contributed by atoms with Crippen molar-refractivity contribution < 1.29 is 4.79 Å². The molecule has 0 saturated carbocycles. The summed E-state index contributed by atoms with van der Waals surface area (Å²) in [5.41, 5.74) is 0.247. The van der Waals surface area contributed by atoms with Gasteiger partial charge in [0.2, 0.25) is 5.91 Å². The van der Waals surface area contributed by atoms with Gasteiger partial charge in [-0.15, -0.1) is 0 Å². The van der Waals surface area contributed by atoms with E-state index in [1.165, 1.54) is 6.07 Å². The van der Waals surface area contributed by atoms with E-state index in [-0.39, 0.29) is 12.3 Å². The van der Waals surface area contributed by atoms with Gasteiger partial charge in [-0.1, -0.05) is 30.3 Å². The third kappa shape index (κ3) is 4.17. The van der Waals surface area contributed by atoms with Crippen LogP contribution in [0, 0.1) is 0 Å². The Labute approximate surface area is 121 Å². The molecular formula is C15H17N3O3. The highest BCUT2D eigenvalue weighted by Crippen LogP contribution is 2.06. The minimum atomic E-state index is -0.601. The lowest BCUT2D eigenvalue weighted by molar-refractivity contribution is -0.130. The van der Waals surface area contributed by atoms with Gasteiger partial charge >= 0.3 is 5.69 Å². The number of carbonyl (C=O) groups is 1. The SMILES string of the molecule is CCN(Cc1ccccc1)C(=O)Cc1cc(=O)[nH]c(=O)[nH]1. The first-order valence-electron chi connectivity index (χ1n) is 6.72. The third-order valence-corrected chi connectivity index (χ3v) is 3.11. The molecule has 1 aromatic carbocycles. The fraction of sp³-hybridized carbons (Fsp3) is 0.267. The number of amides is 1. The van der Waals surface area contributed by atoms with Crippen LogP contribution in [-0.2, 0) is 17.8 Å². The van der Waals surface area contributed by atoms with E-state index in [4.69, 9.17) is 0 Å². The Morgan fingerprint density at radius 3 is 2.48 bits per heavy atom.